The van der Waals surface area contributed by atoms with Crippen molar-refractivity contribution >= 4 is 51.3 Å². The van der Waals surface area contributed by atoms with Gasteiger partial charge in [-0.25, -0.2) is 0 Å². The number of fused-ring (bicyclic) bond motifs is 1. The van der Waals surface area contributed by atoms with Crippen molar-refractivity contribution in [3.05, 3.63) is 98.6 Å². The molecule has 0 spiro atoms. The second-order valence-electron chi connectivity index (χ2n) is 7.50. The first-order valence-corrected chi connectivity index (χ1v) is 11.4. The van der Waals surface area contributed by atoms with Crippen LogP contribution in [0.25, 0.3) is 11.0 Å². The maximum atomic E-state index is 13.5. The summed E-state index contributed by atoms with van der Waals surface area (Å²) in [6.45, 7) is 2.05. The summed E-state index contributed by atoms with van der Waals surface area (Å²) in [6.07, 6.45) is 0.867. The van der Waals surface area contributed by atoms with Crippen molar-refractivity contribution in [2.75, 3.05) is 4.90 Å². The summed E-state index contributed by atoms with van der Waals surface area (Å²) in [5.74, 6) is -1.67. The highest BCUT2D eigenvalue weighted by Crippen LogP contribution is 2.43. The Labute approximate surface area is 193 Å². The van der Waals surface area contributed by atoms with E-state index in [1.807, 2.05) is 41.8 Å². The predicted molar refractivity (Wildman–Crippen MR) is 126 cm³/mol. The number of benzene rings is 2. The molecule has 0 bridgehead atoms. The monoisotopic (exact) mass is 463 g/mol. The van der Waals surface area contributed by atoms with Crippen LogP contribution in [0.3, 0.4) is 0 Å². The highest BCUT2D eigenvalue weighted by Gasteiger charge is 2.45. The minimum absolute atomic E-state index is 0.00201. The van der Waals surface area contributed by atoms with Crippen molar-refractivity contribution in [3.63, 3.8) is 0 Å². The molecule has 0 saturated heterocycles. The van der Waals surface area contributed by atoms with Crippen LogP contribution in [0.2, 0.25) is 5.02 Å². The van der Waals surface area contributed by atoms with Gasteiger partial charge in [-0.15, -0.1) is 11.3 Å². The third kappa shape index (κ3) is 3.32. The number of halogens is 1. The first kappa shape index (κ1) is 20.5. The van der Waals surface area contributed by atoms with E-state index in [4.69, 9.17) is 16.0 Å². The Balaban J connectivity index is 1.61. The fraction of sp³-hybridized carbons (Fsp3) is 0.120. The lowest BCUT2D eigenvalue weighted by Crippen LogP contribution is -2.30. The highest BCUT2D eigenvalue weighted by atomic mass is 35.5. The topological polar surface area (TPSA) is 70.8 Å². The first-order valence-electron chi connectivity index (χ1n) is 10.1. The number of carbonyl (C=O) groups is 2. The number of aliphatic hydroxyl groups is 1. The normalized spacial score (nSPS) is 16.4. The van der Waals surface area contributed by atoms with E-state index in [0.717, 1.165) is 16.9 Å². The molecule has 32 heavy (non-hydrogen) atoms. The Kier molecular flexibility index (Phi) is 5.12. The molecule has 3 heterocycles. The molecule has 1 aliphatic heterocycles. The van der Waals surface area contributed by atoms with Gasteiger partial charge in [-0.2, -0.15) is 0 Å². The number of Topliss-reactive ketones (excluding diaryl/α,β-unsaturated/α-hetero) is 1. The highest BCUT2D eigenvalue weighted by molar-refractivity contribution is 7.10. The number of thiophene rings is 1. The van der Waals surface area contributed by atoms with Crippen LogP contribution >= 0.6 is 22.9 Å². The Hall–Kier alpha value is -3.35. The summed E-state index contributed by atoms with van der Waals surface area (Å²) in [5.41, 5.74) is 2.24. The molecule has 2 aromatic heterocycles. The predicted octanol–water partition coefficient (Wildman–Crippen LogP) is 6.49. The fourth-order valence-electron chi connectivity index (χ4n) is 3.97. The van der Waals surface area contributed by atoms with Crippen LogP contribution in [0.1, 0.15) is 34.0 Å². The van der Waals surface area contributed by atoms with Crippen LogP contribution in [-0.4, -0.2) is 16.8 Å². The van der Waals surface area contributed by atoms with Crippen LogP contribution < -0.4 is 4.90 Å². The second-order valence-corrected chi connectivity index (χ2v) is 8.91. The number of aliphatic hydroxyl groups excluding tert-OH is 1. The van der Waals surface area contributed by atoms with Gasteiger partial charge in [0.05, 0.1) is 5.57 Å². The van der Waals surface area contributed by atoms with Crippen molar-refractivity contribution in [2.24, 2.45) is 0 Å². The fourth-order valence-corrected chi connectivity index (χ4v) is 4.97. The lowest BCUT2D eigenvalue weighted by molar-refractivity contribution is -0.117. The Morgan fingerprint density at radius 2 is 1.94 bits per heavy atom. The van der Waals surface area contributed by atoms with Crippen molar-refractivity contribution in [1.82, 2.24) is 0 Å². The standard InChI is InChI=1S/C25H18ClNO4S/c1-2-14-5-8-17(9-6-14)27-22(20-4-3-11-32-20)21(24(29)25(27)30)23(28)19-13-15-12-16(26)7-10-18(15)31-19/h3-13,22,29H,2H2,1H3. The van der Waals surface area contributed by atoms with Gasteiger partial charge in [0, 0.05) is 21.0 Å². The summed E-state index contributed by atoms with van der Waals surface area (Å²) in [4.78, 5) is 28.9. The van der Waals surface area contributed by atoms with Gasteiger partial charge in [0.1, 0.15) is 11.6 Å². The number of anilines is 1. The zero-order valence-corrected chi connectivity index (χ0v) is 18.6. The molecule has 2 aromatic carbocycles. The molecule has 1 unspecified atom stereocenters. The van der Waals surface area contributed by atoms with Gasteiger partial charge in [-0.05, 0) is 59.8 Å². The zero-order chi connectivity index (χ0) is 22.4. The van der Waals surface area contributed by atoms with E-state index in [9.17, 15) is 14.7 Å². The molecule has 7 heteroatoms. The molecular formula is C25H18ClNO4S. The van der Waals surface area contributed by atoms with E-state index in [-0.39, 0.29) is 11.3 Å². The SMILES string of the molecule is CCc1ccc(N2C(=O)C(O)=C(C(=O)c3cc4cc(Cl)ccc4o3)C2c2cccs2)cc1. The van der Waals surface area contributed by atoms with Crippen molar-refractivity contribution < 1.29 is 19.1 Å². The molecule has 4 aromatic rings. The molecule has 5 rings (SSSR count). The number of rotatable bonds is 5. The van der Waals surface area contributed by atoms with Gasteiger partial charge >= 0.3 is 0 Å². The largest absolute Gasteiger partial charge is 0.503 e. The van der Waals surface area contributed by atoms with Gasteiger partial charge < -0.3 is 9.52 Å². The molecular weight excluding hydrogens is 446 g/mol. The Morgan fingerprint density at radius 1 is 1.16 bits per heavy atom. The second kappa shape index (κ2) is 7.97. The smallest absolute Gasteiger partial charge is 0.294 e. The van der Waals surface area contributed by atoms with E-state index in [2.05, 4.69) is 6.92 Å². The van der Waals surface area contributed by atoms with Crippen molar-refractivity contribution in [2.45, 2.75) is 19.4 Å². The number of furan rings is 1. The quantitative estimate of drug-likeness (QED) is 0.343. The molecule has 0 fully saturated rings. The van der Waals surface area contributed by atoms with E-state index < -0.39 is 23.5 Å². The molecule has 1 aliphatic rings. The van der Waals surface area contributed by atoms with Crippen LogP contribution in [-0.2, 0) is 11.2 Å². The average molecular weight is 464 g/mol. The Bertz CT molecular complexity index is 1370. The summed E-state index contributed by atoms with van der Waals surface area (Å²) in [5, 5.41) is 13.9. The number of hydrogen-bond acceptors (Lipinski definition) is 5. The van der Waals surface area contributed by atoms with E-state index in [1.54, 1.807) is 24.3 Å². The van der Waals surface area contributed by atoms with E-state index in [0.29, 0.717) is 21.7 Å². The Morgan fingerprint density at radius 3 is 2.62 bits per heavy atom. The maximum absolute atomic E-state index is 13.5. The number of amides is 1. The van der Waals surface area contributed by atoms with Gasteiger partial charge in [-0.1, -0.05) is 36.7 Å². The maximum Gasteiger partial charge on any atom is 0.294 e. The lowest BCUT2D eigenvalue weighted by Gasteiger charge is -2.25. The van der Waals surface area contributed by atoms with Gasteiger partial charge in [0.2, 0.25) is 5.78 Å². The third-order valence-corrected chi connectivity index (χ3v) is 6.75. The number of ketones is 1. The van der Waals surface area contributed by atoms with Crippen LogP contribution in [0.15, 0.2) is 81.8 Å². The van der Waals surface area contributed by atoms with Gasteiger partial charge in [0.15, 0.2) is 11.5 Å². The molecule has 5 nitrogen and oxygen atoms in total. The van der Waals surface area contributed by atoms with Gasteiger partial charge in [0.25, 0.3) is 5.91 Å². The van der Waals surface area contributed by atoms with Crippen molar-refractivity contribution in [3.8, 4) is 0 Å². The van der Waals surface area contributed by atoms with Crippen LogP contribution in [0.5, 0.6) is 0 Å². The lowest BCUT2D eigenvalue weighted by atomic mass is 10.00. The van der Waals surface area contributed by atoms with Crippen LogP contribution in [0.4, 0.5) is 5.69 Å². The van der Waals surface area contributed by atoms with E-state index >= 15 is 0 Å². The minimum Gasteiger partial charge on any atom is -0.503 e. The summed E-state index contributed by atoms with van der Waals surface area (Å²) in [7, 11) is 0. The molecule has 0 radical (unpaired) electrons. The number of aryl methyl sites for hydroxylation is 1. The van der Waals surface area contributed by atoms with Crippen molar-refractivity contribution in [1.29, 1.82) is 0 Å². The molecule has 1 atom stereocenters. The third-order valence-electron chi connectivity index (χ3n) is 5.59. The molecule has 0 saturated carbocycles. The summed E-state index contributed by atoms with van der Waals surface area (Å²) < 4.78 is 5.74. The molecule has 1 N–H and O–H groups in total. The number of hydrogen-bond donors (Lipinski definition) is 1. The number of nitrogens with zero attached hydrogens (tertiary/aromatic N) is 1. The summed E-state index contributed by atoms with van der Waals surface area (Å²) in [6, 6.07) is 17.1. The zero-order valence-electron chi connectivity index (χ0n) is 17.0. The van der Waals surface area contributed by atoms with E-state index in [1.165, 1.54) is 16.2 Å². The molecule has 0 aliphatic carbocycles. The minimum atomic E-state index is -0.751. The number of carbonyl (C=O) groups excluding carboxylic acids is 2. The van der Waals surface area contributed by atoms with Gasteiger partial charge in [-0.3, -0.25) is 14.5 Å². The van der Waals surface area contributed by atoms with Crippen LogP contribution in [0, 0.1) is 0 Å². The molecule has 160 valence electrons. The average Bonchev–Trinajstić information content (AvgIpc) is 3.52. The first-order chi connectivity index (χ1) is 15.5. The summed E-state index contributed by atoms with van der Waals surface area (Å²) >= 11 is 7.46. The molecule has 1 amide bonds.